The second kappa shape index (κ2) is 5.27. The van der Waals surface area contributed by atoms with Crippen molar-refractivity contribution in [1.29, 1.82) is 0 Å². The Bertz CT molecular complexity index is 965. The molecule has 3 rings (SSSR count). The Morgan fingerprint density at radius 2 is 1.78 bits per heavy atom. The summed E-state index contributed by atoms with van der Waals surface area (Å²) >= 11 is 0. The fraction of sp³-hybridized carbons (Fsp3) is 0.0625. The van der Waals surface area contributed by atoms with Crippen LogP contribution in [-0.4, -0.2) is 20.6 Å². The third-order valence-electron chi connectivity index (χ3n) is 3.44. The minimum atomic E-state index is -3.38. The first kappa shape index (κ1) is 15.4. The van der Waals surface area contributed by atoms with Gasteiger partial charge < -0.3 is 5.32 Å². The average molecular weight is 335 g/mol. The molecule has 0 radical (unpaired) electrons. The van der Waals surface area contributed by atoms with Crippen molar-refractivity contribution in [2.75, 3.05) is 11.6 Å². The van der Waals surface area contributed by atoms with E-state index in [1.807, 2.05) is 0 Å². The van der Waals surface area contributed by atoms with Crippen LogP contribution < -0.4 is 5.32 Å². The molecule has 0 atom stereocenters. The van der Waals surface area contributed by atoms with Crippen LogP contribution in [0.15, 0.2) is 41.3 Å². The summed E-state index contributed by atoms with van der Waals surface area (Å²) in [6.45, 7) is 0. The van der Waals surface area contributed by atoms with Gasteiger partial charge in [0.2, 0.25) is 0 Å². The molecule has 118 valence electrons. The second-order valence-corrected chi connectivity index (χ2v) is 7.18. The van der Waals surface area contributed by atoms with Gasteiger partial charge in [0.25, 0.3) is 5.91 Å². The number of nitrogens with one attached hydrogen (secondary N) is 1. The Kier molecular flexibility index (Phi) is 3.52. The molecule has 0 unspecified atom stereocenters. The van der Waals surface area contributed by atoms with Crippen LogP contribution >= 0.6 is 0 Å². The van der Waals surface area contributed by atoms with Crippen LogP contribution in [-0.2, 0) is 14.6 Å². The Morgan fingerprint density at radius 1 is 1.09 bits per heavy atom. The normalized spacial score (nSPS) is 15.6. The van der Waals surface area contributed by atoms with Crippen molar-refractivity contribution in [1.82, 2.24) is 0 Å². The van der Waals surface area contributed by atoms with E-state index < -0.39 is 27.4 Å². The van der Waals surface area contributed by atoms with Gasteiger partial charge in [0, 0.05) is 23.5 Å². The standard InChI is InChI=1S/C16H11F2NO3S/c1-23(21,22)10-4-2-3-9(5-10)6-12-11-7-13(17)14(18)8-15(11)19-16(12)20/h2-8H,1H3,(H,19,20). The Balaban J connectivity index is 2.12. The van der Waals surface area contributed by atoms with E-state index in [4.69, 9.17) is 0 Å². The van der Waals surface area contributed by atoms with E-state index in [9.17, 15) is 22.0 Å². The van der Waals surface area contributed by atoms with Gasteiger partial charge in [-0.1, -0.05) is 12.1 Å². The van der Waals surface area contributed by atoms with Gasteiger partial charge in [0.1, 0.15) is 0 Å². The van der Waals surface area contributed by atoms with Gasteiger partial charge in [-0.15, -0.1) is 0 Å². The van der Waals surface area contributed by atoms with Crippen LogP contribution in [0.25, 0.3) is 11.6 Å². The highest BCUT2D eigenvalue weighted by Gasteiger charge is 2.26. The number of carbonyl (C=O) groups is 1. The van der Waals surface area contributed by atoms with Crippen molar-refractivity contribution in [3.8, 4) is 0 Å². The van der Waals surface area contributed by atoms with E-state index in [2.05, 4.69) is 5.32 Å². The predicted octanol–water partition coefficient (Wildman–Crippen LogP) is 2.86. The maximum Gasteiger partial charge on any atom is 0.256 e. The quantitative estimate of drug-likeness (QED) is 0.859. The lowest BCUT2D eigenvalue weighted by Crippen LogP contribution is -2.03. The number of benzene rings is 2. The van der Waals surface area contributed by atoms with Crippen LogP contribution in [0.1, 0.15) is 11.1 Å². The van der Waals surface area contributed by atoms with E-state index >= 15 is 0 Å². The van der Waals surface area contributed by atoms with Crippen LogP contribution in [0.5, 0.6) is 0 Å². The van der Waals surface area contributed by atoms with Crippen molar-refractivity contribution in [2.45, 2.75) is 4.90 Å². The van der Waals surface area contributed by atoms with Gasteiger partial charge in [-0.3, -0.25) is 4.79 Å². The van der Waals surface area contributed by atoms with E-state index in [-0.39, 0.29) is 21.7 Å². The summed E-state index contributed by atoms with van der Waals surface area (Å²) in [6.07, 6.45) is 2.52. The third kappa shape index (κ3) is 2.87. The lowest BCUT2D eigenvalue weighted by atomic mass is 10.0. The highest BCUT2D eigenvalue weighted by Crippen LogP contribution is 2.34. The Labute approximate surface area is 131 Å². The number of hydrogen-bond donors (Lipinski definition) is 1. The number of amides is 1. The molecule has 1 heterocycles. The molecular formula is C16H11F2NO3S. The number of carbonyl (C=O) groups excluding carboxylic acids is 1. The lowest BCUT2D eigenvalue weighted by Gasteiger charge is -2.02. The maximum atomic E-state index is 13.4. The third-order valence-corrected chi connectivity index (χ3v) is 4.55. The minimum absolute atomic E-state index is 0.107. The molecule has 0 saturated carbocycles. The largest absolute Gasteiger partial charge is 0.321 e. The van der Waals surface area contributed by atoms with Gasteiger partial charge in [-0.25, -0.2) is 17.2 Å². The Hall–Kier alpha value is -2.54. The summed E-state index contributed by atoms with van der Waals surface area (Å²) in [5.74, 6) is -2.62. The molecule has 0 saturated heterocycles. The van der Waals surface area contributed by atoms with Crippen LogP contribution in [0.2, 0.25) is 0 Å². The van der Waals surface area contributed by atoms with Crippen molar-refractivity contribution in [2.24, 2.45) is 0 Å². The summed E-state index contributed by atoms with van der Waals surface area (Å²) in [6, 6.07) is 7.86. The highest BCUT2D eigenvalue weighted by atomic mass is 32.2. The average Bonchev–Trinajstić information content (AvgIpc) is 2.75. The summed E-state index contributed by atoms with van der Waals surface area (Å²) in [4.78, 5) is 12.1. The molecule has 7 heteroatoms. The first-order valence-corrected chi connectivity index (χ1v) is 8.47. The molecule has 0 aliphatic carbocycles. The molecule has 2 aromatic rings. The fourth-order valence-electron chi connectivity index (χ4n) is 2.33. The van der Waals surface area contributed by atoms with Crippen LogP contribution in [0.4, 0.5) is 14.5 Å². The molecule has 1 amide bonds. The number of anilines is 1. The molecule has 0 fully saturated rings. The molecule has 2 aromatic carbocycles. The Morgan fingerprint density at radius 3 is 2.48 bits per heavy atom. The molecule has 23 heavy (non-hydrogen) atoms. The first-order valence-electron chi connectivity index (χ1n) is 6.58. The zero-order valence-electron chi connectivity index (χ0n) is 11.9. The monoisotopic (exact) mass is 335 g/mol. The molecular weight excluding hydrogens is 324 g/mol. The van der Waals surface area contributed by atoms with Crippen LogP contribution in [0.3, 0.4) is 0 Å². The topological polar surface area (TPSA) is 63.2 Å². The molecule has 0 aromatic heterocycles. The minimum Gasteiger partial charge on any atom is -0.321 e. The highest BCUT2D eigenvalue weighted by molar-refractivity contribution is 7.90. The maximum absolute atomic E-state index is 13.4. The van der Waals surface area contributed by atoms with Crippen LogP contribution in [0, 0.1) is 11.6 Å². The zero-order chi connectivity index (χ0) is 16.8. The van der Waals surface area contributed by atoms with E-state index in [1.54, 1.807) is 12.1 Å². The fourth-order valence-corrected chi connectivity index (χ4v) is 3.01. The number of sulfone groups is 1. The second-order valence-electron chi connectivity index (χ2n) is 5.17. The lowest BCUT2D eigenvalue weighted by molar-refractivity contribution is -0.110. The van der Waals surface area contributed by atoms with Crippen molar-refractivity contribution in [3.05, 3.63) is 59.2 Å². The van der Waals surface area contributed by atoms with Crippen molar-refractivity contribution in [3.63, 3.8) is 0 Å². The summed E-state index contributed by atoms with van der Waals surface area (Å²) in [5, 5.41) is 2.45. The smallest absolute Gasteiger partial charge is 0.256 e. The summed E-state index contributed by atoms with van der Waals surface area (Å²) in [7, 11) is -3.38. The number of fused-ring (bicyclic) bond motifs is 1. The predicted molar refractivity (Wildman–Crippen MR) is 82.4 cm³/mol. The molecule has 4 nitrogen and oxygen atoms in total. The molecule has 1 aliphatic heterocycles. The van der Waals surface area contributed by atoms with Gasteiger partial charge in [-0.05, 0) is 29.8 Å². The number of rotatable bonds is 2. The number of hydrogen-bond acceptors (Lipinski definition) is 3. The van der Waals surface area contributed by atoms with E-state index in [1.165, 1.54) is 18.2 Å². The summed E-state index contributed by atoms with van der Waals surface area (Å²) in [5.41, 5.74) is 1.03. The number of halogens is 2. The van der Waals surface area contributed by atoms with Gasteiger partial charge in [0.15, 0.2) is 21.5 Å². The molecule has 0 spiro atoms. The summed E-state index contributed by atoms with van der Waals surface area (Å²) < 4.78 is 49.8. The van der Waals surface area contributed by atoms with Gasteiger partial charge >= 0.3 is 0 Å². The SMILES string of the molecule is CS(=O)(=O)c1cccc(C=C2C(=O)Nc3cc(F)c(F)cc32)c1. The molecule has 1 aliphatic rings. The van der Waals surface area contributed by atoms with E-state index in [0.29, 0.717) is 5.56 Å². The van der Waals surface area contributed by atoms with Gasteiger partial charge in [0.05, 0.1) is 10.6 Å². The first-order chi connectivity index (χ1) is 10.8. The van der Waals surface area contributed by atoms with E-state index in [0.717, 1.165) is 18.4 Å². The van der Waals surface area contributed by atoms with Gasteiger partial charge in [-0.2, -0.15) is 0 Å². The van der Waals surface area contributed by atoms with Crippen molar-refractivity contribution < 1.29 is 22.0 Å². The molecule has 0 bridgehead atoms. The zero-order valence-corrected chi connectivity index (χ0v) is 12.7. The van der Waals surface area contributed by atoms with Crippen molar-refractivity contribution >= 4 is 33.1 Å². The molecule has 1 N–H and O–H groups in total.